The second-order valence-corrected chi connectivity index (χ2v) is 7.47. The average molecular weight is 395 g/mol. The highest BCUT2D eigenvalue weighted by Crippen LogP contribution is 2.28. The molecule has 2 aliphatic heterocycles. The van der Waals surface area contributed by atoms with Crippen LogP contribution in [0.15, 0.2) is 37.2 Å². The van der Waals surface area contributed by atoms with Crippen LogP contribution in [0.5, 0.6) is 5.88 Å². The predicted octanol–water partition coefficient (Wildman–Crippen LogP) is 1.21. The number of aromatic nitrogens is 5. The predicted molar refractivity (Wildman–Crippen MR) is 108 cm³/mol. The lowest BCUT2D eigenvalue weighted by Crippen LogP contribution is -2.47. The molecule has 29 heavy (non-hydrogen) atoms. The van der Waals surface area contributed by atoms with Crippen LogP contribution in [-0.4, -0.2) is 81.7 Å². The van der Waals surface area contributed by atoms with Crippen molar-refractivity contribution in [2.24, 2.45) is 0 Å². The first kappa shape index (κ1) is 18.3. The van der Waals surface area contributed by atoms with Gasteiger partial charge in [-0.15, -0.1) is 0 Å². The van der Waals surface area contributed by atoms with E-state index in [1.54, 1.807) is 19.0 Å². The largest absolute Gasteiger partial charge is 0.471 e. The van der Waals surface area contributed by atoms with E-state index in [-0.39, 0.29) is 6.10 Å². The van der Waals surface area contributed by atoms with Gasteiger partial charge in [0, 0.05) is 44.8 Å². The number of ether oxygens (including phenoxy) is 2. The molecule has 1 aromatic carbocycles. The molecule has 0 N–H and O–H groups in total. The van der Waals surface area contributed by atoms with Gasteiger partial charge in [-0.2, -0.15) is 5.10 Å². The summed E-state index contributed by atoms with van der Waals surface area (Å²) in [5.41, 5.74) is 2.10. The second kappa shape index (κ2) is 8.30. The Bertz CT molecular complexity index is 935. The van der Waals surface area contributed by atoms with Crippen molar-refractivity contribution in [3.05, 3.63) is 37.2 Å². The molecule has 4 heterocycles. The third-order valence-electron chi connectivity index (χ3n) is 5.60. The molecule has 1 atom stereocenters. The maximum absolute atomic E-state index is 6.10. The Hall–Kier alpha value is -2.78. The third-order valence-corrected chi connectivity index (χ3v) is 5.60. The highest BCUT2D eigenvalue weighted by molar-refractivity contribution is 5.86. The zero-order valence-electron chi connectivity index (χ0n) is 16.4. The lowest BCUT2D eigenvalue weighted by molar-refractivity contribution is 0.139. The highest BCUT2D eigenvalue weighted by Gasteiger charge is 2.21. The molecule has 9 nitrogen and oxygen atoms in total. The lowest BCUT2D eigenvalue weighted by Gasteiger charge is -2.36. The standard InChI is InChI=1S/C20H25N7O2/c1-2-19-18(20(23-14-22-19)29-17-3-10-28-12-17)11-16(1)26-7-4-25(5-8-26)6-9-27-15-21-13-24-27/h1-2,11,13-15,17H,3-10,12H2. The maximum Gasteiger partial charge on any atom is 0.224 e. The summed E-state index contributed by atoms with van der Waals surface area (Å²) < 4.78 is 13.4. The van der Waals surface area contributed by atoms with E-state index in [1.807, 2.05) is 4.68 Å². The molecular formula is C20H25N7O2. The van der Waals surface area contributed by atoms with Crippen molar-refractivity contribution < 1.29 is 9.47 Å². The van der Waals surface area contributed by atoms with Crippen LogP contribution in [0.25, 0.3) is 10.9 Å². The quantitative estimate of drug-likeness (QED) is 0.616. The van der Waals surface area contributed by atoms with E-state index in [4.69, 9.17) is 9.47 Å². The zero-order chi connectivity index (χ0) is 19.5. The van der Waals surface area contributed by atoms with Crippen LogP contribution in [0.4, 0.5) is 5.69 Å². The van der Waals surface area contributed by atoms with Gasteiger partial charge in [0.25, 0.3) is 0 Å². The molecule has 2 aromatic heterocycles. The number of anilines is 1. The number of piperazine rings is 1. The molecule has 0 bridgehead atoms. The van der Waals surface area contributed by atoms with Crippen molar-refractivity contribution in [2.45, 2.75) is 19.1 Å². The van der Waals surface area contributed by atoms with Crippen molar-refractivity contribution in [3.8, 4) is 5.88 Å². The lowest BCUT2D eigenvalue weighted by atomic mass is 10.2. The normalized spacial score (nSPS) is 20.4. The smallest absolute Gasteiger partial charge is 0.224 e. The Kier molecular flexibility index (Phi) is 5.23. The summed E-state index contributed by atoms with van der Waals surface area (Å²) in [7, 11) is 0. The molecule has 2 saturated heterocycles. The number of fused-ring (bicyclic) bond motifs is 1. The van der Waals surface area contributed by atoms with E-state index >= 15 is 0 Å². The molecule has 0 saturated carbocycles. The van der Waals surface area contributed by atoms with Gasteiger partial charge >= 0.3 is 0 Å². The van der Waals surface area contributed by atoms with Gasteiger partial charge in [0.2, 0.25) is 5.88 Å². The average Bonchev–Trinajstić information content (AvgIpc) is 3.47. The molecule has 0 amide bonds. The van der Waals surface area contributed by atoms with E-state index in [2.05, 4.69) is 48.0 Å². The molecule has 3 aromatic rings. The number of hydrogen-bond donors (Lipinski definition) is 0. The van der Waals surface area contributed by atoms with Crippen LogP contribution in [0.2, 0.25) is 0 Å². The van der Waals surface area contributed by atoms with Crippen LogP contribution in [-0.2, 0) is 11.3 Å². The second-order valence-electron chi connectivity index (χ2n) is 7.47. The Morgan fingerprint density at radius 1 is 1.07 bits per heavy atom. The minimum atomic E-state index is 0.0743. The summed E-state index contributed by atoms with van der Waals surface area (Å²) in [5, 5.41) is 5.14. The van der Waals surface area contributed by atoms with Crippen LogP contribution in [0, 0.1) is 0 Å². The van der Waals surface area contributed by atoms with E-state index in [9.17, 15) is 0 Å². The van der Waals surface area contributed by atoms with E-state index in [1.165, 1.54) is 5.69 Å². The molecule has 0 spiro atoms. The van der Waals surface area contributed by atoms with Crippen molar-refractivity contribution in [1.82, 2.24) is 29.6 Å². The van der Waals surface area contributed by atoms with Gasteiger partial charge < -0.3 is 14.4 Å². The first-order valence-electron chi connectivity index (χ1n) is 10.1. The Balaban J connectivity index is 1.25. The van der Waals surface area contributed by atoms with Crippen molar-refractivity contribution >= 4 is 16.6 Å². The zero-order valence-corrected chi connectivity index (χ0v) is 16.4. The molecule has 1 unspecified atom stereocenters. The minimum Gasteiger partial charge on any atom is -0.471 e. The summed E-state index contributed by atoms with van der Waals surface area (Å²) in [6.45, 7) is 7.28. The summed E-state index contributed by atoms with van der Waals surface area (Å²) in [6.07, 6.45) is 5.90. The molecule has 0 radical (unpaired) electrons. The van der Waals surface area contributed by atoms with Gasteiger partial charge in [0.1, 0.15) is 25.1 Å². The van der Waals surface area contributed by atoms with E-state index in [0.717, 1.165) is 63.2 Å². The Labute approximate surface area is 169 Å². The highest BCUT2D eigenvalue weighted by atomic mass is 16.5. The third kappa shape index (κ3) is 4.15. The monoisotopic (exact) mass is 395 g/mol. The molecule has 9 heteroatoms. The fraction of sp³-hybridized carbons (Fsp3) is 0.500. The fourth-order valence-electron chi connectivity index (χ4n) is 3.90. The summed E-state index contributed by atoms with van der Waals surface area (Å²) in [4.78, 5) is 17.7. The van der Waals surface area contributed by atoms with Crippen LogP contribution < -0.4 is 9.64 Å². The number of hydrogen-bond acceptors (Lipinski definition) is 8. The van der Waals surface area contributed by atoms with Gasteiger partial charge in [-0.3, -0.25) is 9.58 Å². The first-order chi connectivity index (χ1) is 14.3. The molecule has 5 rings (SSSR count). The van der Waals surface area contributed by atoms with Crippen LogP contribution in [0.3, 0.4) is 0 Å². The minimum absolute atomic E-state index is 0.0743. The fourth-order valence-corrected chi connectivity index (χ4v) is 3.90. The van der Waals surface area contributed by atoms with Crippen molar-refractivity contribution in [2.75, 3.05) is 50.8 Å². The van der Waals surface area contributed by atoms with Gasteiger partial charge in [-0.05, 0) is 18.2 Å². The molecule has 0 aliphatic carbocycles. The SMILES string of the molecule is c1nc(OC2CCOC2)c2cc(N3CCN(CCn4cncn4)CC3)ccc2n1. The Morgan fingerprint density at radius 2 is 2.00 bits per heavy atom. The van der Waals surface area contributed by atoms with E-state index in [0.29, 0.717) is 12.5 Å². The molecule has 2 fully saturated rings. The number of benzene rings is 1. The van der Waals surface area contributed by atoms with E-state index < -0.39 is 0 Å². The number of rotatable bonds is 6. The molecule has 152 valence electrons. The summed E-state index contributed by atoms with van der Waals surface area (Å²) >= 11 is 0. The first-order valence-corrected chi connectivity index (χ1v) is 10.1. The van der Waals surface area contributed by atoms with Crippen LogP contribution in [0.1, 0.15) is 6.42 Å². The molecule has 2 aliphatic rings. The van der Waals surface area contributed by atoms with Crippen LogP contribution >= 0.6 is 0 Å². The number of nitrogens with zero attached hydrogens (tertiary/aromatic N) is 7. The molecular weight excluding hydrogens is 370 g/mol. The Morgan fingerprint density at radius 3 is 2.79 bits per heavy atom. The van der Waals surface area contributed by atoms with Gasteiger partial charge in [-0.1, -0.05) is 0 Å². The van der Waals surface area contributed by atoms with Gasteiger partial charge in [-0.25, -0.2) is 15.0 Å². The topological polar surface area (TPSA) is 81.4 Å². The van der Waals surface area contributed by atoms with Gasteiger partial charge in [0.15, 0.2) is 0 Å². The maximum atomic E-state index is 6.10. The van der Waals surface area contributed by atoms with Crippen molar-refractivity contribution in [1.29, 1.82) is 0 Å². The summed E-state index contributed by atoms with van der Waals surface area (Å²) in [6, 6.07) is 6.36. The van der Waals surface area contributed by atoms with Crippen molar-refractivity contribution in [3.63, 3.8) is 0 Å². The van der Waals surface area contributed by atoms with Gasteiger partial charge in [0.05, 0.1) is 30.7 Å². The summed E-state index contributed by atoms with van der Waals surface area (Å²) in [5.74, 6) is 0.652.